The first-order valence-corrected chi connectivity index (χ1v) is 8.53. The molecule has 1 aliphatic heterocycles. The summed E-state index contributed by atoms with van der Waals surface area (Å²) in [4.78, 5) is 30.1. The third-order valence-corrected chi connectivity index (χ3v) is 4.74. The Labute approximate surface area is 151 Å². The second kappa shape index (κ2) is 6.94. The fraction of sp³-hybridized carbons (Fsp3) is 0.312. The molecule has 0 aliphatic carbocycles. The van der Waals surface area contributed by atoms with Gasteiger partial charge in [0.1, 0.15) is 0 Å². The monoisotopic (exact) mass is 384 g/mol. The SMILES string of the molecule is CC(=O)Nc1nc2c(s1)CN(C(=O)Nc1cccc(C(F)(F)F)c1)CC2. The molecule has 0 unspecified atom stereocenters. The number of carbonyl (C=O) groups excluding carboxylic acids is 2. The zero-order valence-electron chi connectivity index (χ0n) is 13.7. The van der Waals surface area contributed by atoms with E-state index in [1.165, 1.54) is 35.3 Å². The molecular formula is C16H15F3N4O2S. The Bertz CT molecular complexity index is 850. The van der Waals surface area contributed by atoms with E-state index in [1.54, 1.807) is 0 Å². The van der Waals surface area contributed by atoms with Crippen LogP contribution in [0, 0.1) is 0 Å². The summed E-state index contributed by atoms with van der Waals surface area (Å²) < 4.78 is 38.3. The number of hydrogen-bond donors (Lipinski definition) is 2. The van der Waals surface area contributed by atoms with Gasteiger partial charge in [0.15, 0.2) is 5.13 Å². The van der Waals surface area contributed by atoms with Gasteiger partial charge in [0.05, 0.1) is 17.8 Å². The van der Waals surface area contributed by atoms with Gasteiger partial charge in [-0.15, -0.1) is 0 Å². The molecule has 2 heterocycles. The maximum Gasteiger partial charge on any atom is 0.416 e. The minimum Gasteiger partial charge on any atom is -0.319 e. The number of amides is 3. The highest BCUT2D eigenvalue weighted by Crippen LogP contribution is 2.31. The van der Waals surface area contributed by atoms with Gasteiger partial charge in [-0.3, -0.25) is 4.79 Å². The van der Waals surface area contributed by atoms with Gasteiger partial charge in [-0.05, 0) is 18.2 Å². The number of halogens is 3. The lowest BCUT2D eigenvalue weighted by Gasteiger charge is -2.26. The van der Waals surface area contributed by atoms with Crippen molar-refractivity contribution in [2.45, 2.75) is 26.1 Å². The minimum absolute atomic E-state index is 0.0823. The van der Waals surface area contributed by atoms with E-state index in [-0.39, 0.29) is 18.1 Å². The van der Waals surface area contributed by atoms with Crippen LogP contribution in [0.15, 0.2) is 24.3 Å². The quantitative estimate of drug-likeness (QED) is 0.829. The van der Waals surface area contributed by atoms with E-state index in [2.05, 4.69) is 15.6 Å². The van der Waals surface area contributed by atoms with Crippen LogP contribution in [0.4, 0.5) is 28.8 Å². The van der Waals surface area contributed by atoms with Crippen LogP contribution in [0.25, 0.3) is 0 Å². The summed E-state index contributed by atoms with van der Waals surface area (Å²) >= 11 is 1.28. The van der Waals surface area contributed by atoms with E-state index in [0.717, 1.165) is 22.7 Å². The predicted octanol–water partition coefficient (Wildman–Crippen LogP) is 3.71. The van der Waals surface area contributed by atoms with E-state index in [1.807, 2.05) is 0 Å². The van der Waals surface area contributed by atoms with E-state index < -0.39 is 17.8 Å². The van der Waals surface area contributed by atoms with Gasteiger partial charge >= 0.3 is 12.2 Å². The Kier molecular flexibility index (Phi) is 4.86. The Morgan fingerprint density at radius 1 is 1.27 bits per heavy atom. The standard InChI is InChI=1S/C16H15F3N4O2S/c1-9(24)20-14-22-12-5-6-23(8-13(12)26-14)15(25)21-11-4-2-3-10(7-11)16(17,18)19/h2-4,7H,5-6,8H2,1H3,(H,21,25)(H,20,22,24). The average molecular weight is 384 g/mol. The van der Waals surface area contributed by atoms with Crippen LogP contribution in [-0.2, 0) is 23.9 Å². The number of nitrogens with zero attached hydrogens (tertiary/aromatic N) is 2. The summed E-state index contributed by atoms with van der Waals surface area (Å²) in [6.07, 6.45) is -3.95. The molecule has 0 radical (unpaired) electrons. The summed E-state index contributed by atoms with van der Waals surface area (Å²) in [6.45, 7) is 2.06. The molecule has 0 saturated carbocycles. The van der Waals surface area contributed by atoms with Crippen LogP contribution in [0.5, 0.6) is 0 Å². The van der Waals surface area contributed by atoms with Crippen LogP contribution in [-0.4, -0.2) is 28.4 Å². The molecule has 1 aromatic carbocycles. The molecule has 3 rings (SSSR count). The highest BCUT2D eigenvalue weighted by Gasteiger charge is 2.31. The van der Waals surface area contributed by atoms with Crippen LogP contribution >= 0.6 is 11.3 Å². The predicted molar refractivity (Wildman–Crippen MR) is 91.0 cm³/mol. The third kappa shape index (κ3) is 4.13. The third-order valence-electron chi connectivity index (χ3n) is 3.74. The number of carbonyl (C=O) groups is 2. The maximum atomic E-state index is 12.8. The van der Waals surface area contributed by atoms with Crippen LogP contribution < -0.4 is 10.6 Å². The van der Waals surface area contributed by atoms with Crippen molar-refractivity contribution in [3.05, 3.63) is 40.4 Å². The molecule has 6 nitrogen and oxygen atoms in total. The molecule has 0 atom stereocenters. The summed E-state index contributed by atoms with van der Waals surface area (Å²) in [5, 5.41) is 5.58. The molecule has 138 valence electrons. The van der Waals surface area contributed by atoms with Gasteiger partial charge < -0.3 is 15.5 Å². The number of nitrogens with one attached hydrogen (secondary N) is 2. The van der Waals surface area contributed by atoms with Crippen LogP contribution in [0.1, 0.15) is 23.1 Å². The molecule has 3 amide bonds. The molecule has 1 aromatic heterocycles. The number of urea groups is 1. The second-order valence-electron chi connectivity index (χ2n) is 5.75. The van der Waals surface area contributed by atoms with E-state index in [4.69, 9.17) is 0 Å². The number of benzene rings is 1. The van der Waals surface area contributed by atoms with E-state index in [9.17, 15) is 22.8 Å². The molecule has 2 N–H and O–H groups in total. The summed E-state index contributed by atoms with van der Waals surface area (Å²) in [6, 6.07) is 4.02. The normalized spacial score (nSPS) is 13.9. The largest absolute Gasteiger partial charge is 0.416 e. The fourth-order valence-corrected chi connectivity index (χ4v) is 3.62. The Morgan fingerprint density at radius 2 is 2.04 bits per heavy atom. The molecule has 1 aliphatic rings. The Balaban J connectivity index is 1.68. The summed E-state index contributed by atoms with van der Waals surface area (Å²) in [5.41, 5.74) is 0.0827. The molecule has 0 bridgehead atoms. The van der Waals surface area contributed by atoms with Crippen molar-refractivity contribution in [1.29, 1.82) is 0 Å². The molecule has 0 fully saturated rings. The van der Waals surface area contributed by atoms with Crippen molar-refractivity contribution in [1.82, 2.24) is 9.88 Å². The number of alkyl halides is 3. The molecule has 26 heavy (non-hydrogen) atoms. The zero-order valence-corrected chi connectivity index (χ0v) is 14.5. The smallest absolute Gasteiger partial charge is 0.319 e. The number of hydrogen-bond acceptors (Lipinski definition) is 4. The van der Waals surface area contributed by atoms with Crippen LogP contribution in [0.3, 0.4) is 0 Å². The number of aromatic nitrogens is 1. The Hall–Kier alpha value is -2.62. The summed E-state index contributed by atoms with van der Waals surface area (Å²) in [5.74, 6) is -0.227. The first-order valence-electron chi connectivity index (χ1n) is 7.72. The molecule has 0 saturated heterocycles. The lowest BCUT2D eigenvalue weighted by Crippen LogP contribution is -2.38. The van der Waals surface area contributed by atoms with Crippen molar-refractivity contribution < 1.29 is 22.8 Å². The number of thiazole rings is 1. The molecule has 2 aromatic rings. The first kappa shape index (κ1) is 18.2. The van der Waals surface area contributed by atoms with Crippen molar-refractivity contribution in [3.63, 3.8) is 0 Å². The highest BCUT2D eigenvalue weighted by atomic mass is 32.1. The van der Waals surface area contributed by atoms with Crippen molar-refractivity contribution in [2.75, 3.05) is 17.2 Å². The lowest BCUT2D eigenvalue weighted by atomic mass is 10.2. The summed E-state index contributed by atoms with van der Waals surface area (Å²) in [7, 11) is 0. The van der Waals surface area contributed by atoms with Crippen molar-refractivity contribution in [2.24, 2.45) is 0 Å². The van der Waals surface area contributed by atoms with E-state index >= 15 is 0 Å². The maximum absolute atomic E-state index is 12.8. The molecular weight excluding hydrogens is 369 g/mol. The van der Waals surface area contributed by atoms with E-state index in [0.29, 0.717) is 18.1 Å². The van der Waals surface area contributed by atoms with Crippen molar-refractivity contribution in [3.8, 4) is 0 Å². The van der Waals surface area contributed by atoms with Gasteiger partial charge in [0.2, 0.25) is 5.91 Å². The average Bonchev–Trinajstić information content (AvgIpc) is 2.94. The highest BCUT2D eigenvalue weighted by molar-refractivity contribution is 7.15. The lowest BCUT2D eigenvalue weighted by molar-refractivity contribution is -0.137. The Morgan fingerprint density at radius 3 is 2.73 bits per heavy atom. The van der Waals surface area contributed by atoms with Gasteiger partial charge in [0, 0.05) is 30.5 Å². The van der Waals surface area contributed by atoms with Gasteiger partial charge in [0.25, 0.3) is 0 Å². The topological polar surface area (TPSA) is 74.3 Å². The minimum atomic E-state index is -4.47. The number of rotatable bonds is 2. The first-order chi connectivity index (χ1) is 12.2. The molecule has 0 spiro atoms. The van der Waals surface area contributed by atoms with Crippen LogP contribution in [0.2, 0.25) is 0 Å². The van der Waals surface area contributed by atoms with Crippen molar-refractivity contribution >= 4 is 34.1 Å². The molecule has 10 heteroatoms. The fourth-order valence-electron chi connectivity index (χ4n) is 2.55. The van der Waals surface area contributed by atoms with Gasteiger partial charge in [-0.25, -0.2) is 9.78 Å². The number of fused-ring (bicyclic) bond motifs is 1. The van der Waals surface area contributed by atoms with Gasteiger partial charge in [-0.2, -0.15) is 13.2 Å². The second-order valence-corrected chi connectivity index (χ2v) is 6.83. The number of anilines is 2. The zero-order chi connectivity index (χ0) is 18.9. The van der Waals surface area contributed by atoms with Gasteiger partial charge in [-0.1, -0.05) is 17.4 Å².